The smallest absolute Gasteiger partial charge is 0.338 e. The normalized spacial score (nSPS) is 14.4. The summed E-state index contributed by atoms with van der Waals surface area (Å²) in [6, 6.07) is 26.2. The summed E-state index contributed by atoms with van der Waals surface area (Å²) in [6.07, 6.45) is 1.70. The van der Waals surface area contributed by atoms with E-state index in [9.17, 15) is 14.0 Å². The summed E-state index contributed by atoms with van der Waals surface area (Å²) in [5.74, 6) is -0.0550. The maximum atomic E-state index is 14.3. The maximum Gasteiger partial charge on any atom is 0.338 e. The minimum atomic E-state index is -0.791. The van der Waals surface area contributed by atoms with Crippen molar-refractivity contribution in [1.82, 2.24) is 4.57 Å². The topological polar surface area (TPSA) is 79.1 Å². The summed E-state index contributed by atoms with van der Waals surface area (Å²) in [6.45, 7) is 6.08. The Balaban J connectivity index is 1.50. The Hall–Kier alpha value is -4.99. The number of ether oxygens (including phenoxy) is 3. The summed E-state index contributed by atoms with van der Waals surface area (Å²) in [7, 11) is 1.48. The van der Waals surface area contributed by atoms with Crippen molar-refractivity contribution >= 4 is 40.7 Å². The molecule has 6 rings (SSSR count). The summed E-state index contributed by atoms with van der Waals surface area (Å²) >= 11 is 7.87. The highest BCUT2D eigenvalue weighted by Crippen LogP contribution is 2.38. The lowest BCUT2D eigenvalue weighted by Crippen LogP contribution is -2.40. The molecule has 49 heavy (non-hydrogen) atoms. The molecule has 0 radical (unpaired) electrons. The highest BCUT2D eigenvalue weighted by Gasteiger charge is 2.35. The Bertz CT molecular complexity index is 2230. The van der Waals surface area contributed by atoms with Crippen LogP contribution in [0.25, 0.3) is 11.8 Å². The summed E-state index contributed by atoms with van der Waals surface area (Å²) in [5, 5.41) is 0.230. The molecule has 0 saturated carbocycles. The van der Waals surface area contributed by atoms with Gasteiger partial charge in [0.05, 0.1) is 40.6 Å². The minimum absolute atomic E-state index is 0.0502. The number of hydrogen-bond donors (Lipinski definition) is 0. The second-order valence-electron chi connectivity index (χ2n) is 11.7. The van der Waals surface area contributed by atoms with Gasteiger partial charge in [-0.1, -0.05) is 110 Å². The number of methoxy groups -OCH3 is 1. The Morgan fingerprint density at radius 3 is 2.43 bits per heavy atom. The van der Waals surface area contributed by atoms with Crippen LogP contribution >= 0.6 is 22.9 Å². The van der Waals surface area contributed by atoms with Crippen LogP contribution in [0.3, 0.4) is 0 Å². The summed E-state index contributed by atoms with van der Waals surface area (Å²) < 4.78 is 33.2. The van der Waals surface area contributed by atoms with E-state index in [-0.39, 0.29) is 40.9 Å². The van der Waals surface area contributed by atoms with Gasteiger partial charge in [-0.2, -0.15) is 0 Å². The number of fused-ring (bicyclic) bond motifs is 1. The molecule has 10 heteroatoms. The van der Waals surface area contributed by atoms with Gasteiger partial charge in [0.2, 0.25) is 0 Å². The fourth-order valence-corrected chi connectivity index (χ4v) is 6.97. The highest BCUT2D eigenvalue weighted by atomic mass is 35.5. The van der Waals surface area contributed by atoms with E-state index in [4.69, 9.17) is 30.8 Å². The van der Waals surface area contributed by atoms with Gasteiger partial charge in [0.15, 0.2) is 16.3 Å². The van der Waals surface area contributed by atoms with E-state index in [0.717, 1.165) is 16.7 Å². The van der Waals surface area contributed by atoms with Crippen LogP contribution in [0.2, 0.25) is 5.02 Å². The Morgan fingerprint density at radius 1 is 1.04 bits per heavy atom. The number of aromatic nitrogens is 1. The average Bonchev–Trinajstić information content (AvgIpc) is 3.41. The van der Waals surface area contributed by atoms with Crippen LogP contribution in [-0.4, -0.2) is 24.3 Å². The number of hydrogen-bond acceptors (Lipinski definition) is 7. The number of nitrogens with zero attached hydrogens (tertiary/aromatic N) is 2. The second kappa shape index (κ2) is 14.6. The van der Waals surface area contributed by atoms with E-state index < -0.39 is 12.0 Å². The molecule has 0 fully saturated rings. The molecule has 7 nitrogen and oxygen atoms in total. The van der Waals surface area contributed by atoms with E-state index in [1.54, 1.807) is 47.9 Å². The van der Waals surface area contributed by atoms with Crippen molar-refractivity contribution in [2.75, 3.05) is 13.7 Å². The van der Waals surface area contributed by atoms with Crippen LogP contribution in [0.1, 0.15) is 60.5 Å². The number of thiazole rings is 1. The van der Waals surface area contributed by atoms with Gasteiger partial charge in [0.25, 0.3) is 5.56 Å². The molecule has 1 aliphatic heterocycles. The first kappa shape index (κ1) is 33.9. The van der Waals surface area contributed by atoms with E-state index in [0.29, 0.717) is 37.8 Å². The molecule has 1 atom stereocenters. The standard InChI is InChI=1S/C39H34ClFN2O5S/c1-5-47-38(45)33-34(26-11-7-6-8-12-26)42-39-43(35(33)27-17-15-25(16-18-27)23(2)3)37(44)32(49-39)21-24-19-29(40)36(31(20-24)46-4)48-22-28-13-9-10-14-30(28)41/h6-21,23,35H,5,22H2,1-4H3/b32-21-/t35-/m1/s1. The summed E-state index contributed by atoms with van der Waals surface area (Å²) in [4.78, 5) is 33.4. The van der Waals surface area contributed by atoms with E-state index >= 15 is 0 Å². The molecule has 5 aromatic rings. The Labute approximate surface area is 292 Å². The minimum Gasteiger partial charge on any atom is -0.493 e. The SMILES string of the molecule is CCOC(=O)C1=C(c2ccccc2)N=c2s/c(=C\c3cc(Cl)c(OCc4ccccc4F)c(OC)c3)c(=O)n2[C@@H]1c1ccc(C(C)C)cc1. The lowest BCUT2D eigenvalue weighted by Gasteiger charge is -2.26. The van der Waals surface area contributed by atoms with Crippen molar-refractivity contribution in [1.29, 1.82) is 0 Å². The molecular weight excluding hydrogens is 663 g/mol. The van der Waals surface area contributed by atoms with E-state index in [1.165, 1.54) is 24.5 Å². The van der Waals surface area contributed by atoms with Gasteiger partial charge < -0.3 is 14.2 Å². The highest BCUT2D eigenvalue weighted by molar-refractivity contribution is 7.07. The molecule has 4 aromatic carbocycles. The van der Waals surface area contributed by atoms with Gasteiger partial charge in [-0.25, -0.2) is 14.2 Å². The van der Waals surface area contributed by atoms with Crippen LogP contribution in [0, 0.1) is 5.82 Å². The maximum absolute atomic E-state index is 14.3. The molecule has 1 aromatic heterocycles. The first-order valence-corrected chi connectivity index (χ1v) is 17.0. The van der Waals surface area contributed by atoms with Crippen molar-refractivity contribution < 1.29 is 23.4 Å². The number of rotatable bonds is 10. The summed E-state index contributed by atoms with van der Waals surface area (Å²) in [5.41, 5.74) is 3.97. The monoisotopic (exact) mass is 696 g/mol. The quantitative estimate of drug-likeness (QED) is 0.142. The van der Waals surface area contributed by atoms with Gasteiger partial charge >= 0.3 is 5.97 Å². The first-order valence-electron chi connectivity index (χ1n) is 15.8. The predicted octanol–water partition coefficient (Wildman–Crippen LogP) is 7.44. The second-order valence-corrected chi connectivity index (χ2v) is 13.1. The molecule has 0 amide bonds. The van der Waals surface area contributed by atoms with Gasteiger partial charge in [0, 0.05) is 11.1 Å². The Morgan fingerprint density at radius 2 is 1.76 bits per heavy atom. The number of carbonyl (C=O) groups is 1. The molecular formula is C39H34ClFN2O5S. The van der Waals surface area contributed by atoms with Gasteiger partial charge in [-0.05, 0) is 53.8 Å². The average molecular weight is 697 g/mol. The van der Waals surface area contributed by atoms with E-state index in [2.05, 4.69) is 13.8 Å². The number of benzene rings is 4. The molecule has 2 heterocycles. The molecule has 0 saturated heterocycles. The van der Waals surface area contributed by atoms with Gasteiger partial charge in [-0.15, -0.1) is 0 Å². The van der Waals surface area contributed by atoms with Crippen LogP contribution < -0.4 is 24.4 Å². The van der Waals surface area contributed by atoms with Crippen LogP contribution in [0.4, 0.5) is 4.39 Å². The van der Waals surface area contributed by atoms with Crippen LogP contribution in [-0.2, 0) is 16.1 Å². The molecule has 0 spiro atoms. The van der Waals surface area contributed by atoms with Crippen molar-refractivity contribution in [3.8, 4) is 11.5 Å². The van der Waals surface area contributed by atoms with Gasteiger partial charge in [-0.3, -0.25) is 9.36 Å². The first-order chi connectivity index (χ1) is 23.7. The lowest BCUT2D eigenvalue weighted by molar-refractivity contribution is -0.138. The largest absolute Gasteiger partial charge is 0.493 e. The number of halogens is 2. The van der Waals surface area contributed by atoms with Crippen molar-refractivity contribution in [3.63, 3.8) is 0 Å². The zero-order valence-corrected chi connectivity index (χ0v) is 29.0. The fraction of sp³-hybridized carbons (Fsp3) is 0.205. The third kappa shape index (κ3) is 6.95. The van der Waals surface area contributed by atoms with Crippen LogP contribution in [0.15, 0.2) is 106 Å². The third-order valence-electron chi connectivity index (χ3n) is 8.17. The Kier molecular flexibility index (Phi) is 10.1. The van der Waals surface area contributed by atoms with Gasteiger partial charge in [0.1, 0.15) is 12.4 Å². The zero-order valence-electron chi connectivity index (χ0n) is 27.4. The third-order valence-corrected chi connectivity index (χ3v) is 9.44. The molecule has 0 bridgehead atoms. The van der Waals surface area contributed by atoms with Crippen molar-refractivity contribution in [2.45, 2.75) is 39.3 Å². The molecule has 0 N–H and O–H groups in total. The molecule has 0 unspecified atom stereocenters. The molecule has 250 valence electrons. The zero-order chi connectivity index (χ0) is 34.7. The lowest BCUT2D eigenvalue weighted by atomic mass is 9.91. The predicted molar refractivity (Wildman–Crippen MR) is 190 cm³/mol. The fourth-order valence-electron chi connectivity index (χ4n) is 5.70. The van der Waals surface area contributed by atoms with Crippen molar-refractivity contribution in [3.05, 3.63) is 155 Å². The van der Waals surface area contributed by atoms with Crippen molar-refractivity contribution in [2.24, 2.45) is 4.99 Å². The molecule has 0 aliphatic carbocycles. The van der Waals surface area contributed by atoms with E-state index in [1.807, 2.05) is 54.6 Å². The number of esters is 1. The van der Waals surface area contributed by atoms with Crippen LogP contribution in [0.5, 0.6) is 11.5 Å². The molecule has 1 aliphatic rings. The number of carbonyl (C=O) groups excluding carboxylic acids is 1.